The molecule has 4 rings (SSSR count). The SMILES string of the molecule is Cc1nnc(-c2cccc(-c3cc(Cl)c([C@]4(C)CS(=O)N(C)C(N)=N4)s3)c2)o1. The van der Waals surface area contributed by atoms with Gasteiger partial charge in [0.1, 0.15) is 16.5 Å². The smallest absolute Gasteiger partial charge is 0.247 e. The maximum Gasteiger partial charge on any atom is 0.247 e. The monoisotopic (exact) mass is 435 g/mol. The lowest BCUT2D eigenvalue weighted by Gasteiger charge is -2.33. The zero-order valence-electron chi connectivity index (χ0n) is 15.5. The van der Waals surface area contributed by atoms with Crippen LogP contribution in [0.2, 0.25) is 5.02 Å². The van der Waals surface area contributed by atoms with E-state index in [1.54, 1.807) is 14.0 Å². The number of aryl methyl sites for hydroxylation is 1. The molecule has 1 aromatic carbocycles. The number of aromatic nitrogens is 2. The van der Waals surface area contributed by atoms with Crippen LogP contribution in [-0.2, 0) is 16.5 Å². The number of guanidine groups is 1. The van der Waals surface area contributed by atoms with Crippen molar-refractivity contribution in [2.75, 3.05) is 12.8 Å². The summed E-state index contributed by atoms with van der Waals surface area (Å²) in [6.07, 6.45) is 0. The number of hydrogen-bond acceptors (Lipinski definition) is 7. The Balaban J connectivity index is 1.74. The predicted molar refractivity (Wildman–Crippen MR) is 113 cm³/mol. The molecule has 0 amide bonds. The molecule has 1 aliphatic rings. The number of aliphatic imine (C=N–C) groups is 1. The molecule has 3 heterocycles. The van der Waals surface area contributed by atoms with Crippen LogP contribution in [0.3, 0.4) is 0 Å². The molecule has 2 aromatic heterocycles. The van der Waals surface area contributed by atoms with Crippen molar-refractivity contribution >= 4 is 39.9 Å². The lowest BCUT2D eigenvalue weighted by atomic mass is 10.0. The minimum atomic E-state index is -1.26. The van der Waals surface area contributed by atoms with E-state index >= 15 is 0 Å². The Labute approximate surface area is 173 Å². The third-order valence-electron chi connectivity index (χ3n) is 4.49. The van der Waals surface area contributed by atoms with E-state index in [9.17, 15) is 4.21 Å². The van der Waals surface area contributed by atoms with E-state index in [0.717, 1.165) is 20.9 Å². The molecule has 0 saturated carbocycles. The highest BCUT2D eigenvalue weighted by molar-refractivity contribution is 7.83. The second-order valence-electron chi connectivity index (χ2n) is 6.70. The molecular formula is C18H18ClN5O2S2. The largest absolute Gasteiger partial charge is 0.421 e. The minimum absolute atomic E-state index is 0.242. The number of hydrogen-bond donors (Lipinski definition) is 1. The first-order chi connectivity index (χ1) is 13.3. The molecule has 2 atom stereocenters. The molecule has 1 unspecified atom stereocenters. The van der Waals surface area contributed by atoms with Gasteiger partial charge in [0.15, 0.2) is 0 Å². The summed E-state index contributed by atoms with van der Waals surface area (Å²) in [4.78, 5) is 6.38. The van der Waals surface area contributed by atoms with E-state index in [1.807, 2.05) is 37.3 Å². The Morgan fingerprint density at radius 3 is 2.75 bits per heavy atom. The van der Waals surface area contributed by atoms with Crippen LogP contribution in [0.15, 0.2) is 39.7 Å². The van der Waals surface area contributed by atoms with Crippen LogP contribution in [-0.4, -0.2) is 37.5 Å². The molecule has 0 saturated heterocycles. The summed E-state index contributed by atoms with van der Waals surface area (Å²) in [5.74, 6) is 1.55. The summed E-state index contributed by atoms with van der Waals surface area (Å²) in [5, 5.41) is 8.54. The van der Waals surface area contributed by atoms with Crippen molar-refractivity contribution in [3.05, 3.63) is 46.1 Å². The van der Waals surface area contributed by atoms with Crippen LogP contribution in [0.5, 0.6) is 0 Å². The van der Waals surface area contributed by atoms with Gasteiger partial charge in [0, 0.05) is 24.4 Å². The highest BCUT2D eigenvalue weighted by atomic mass is 35.5. The summed E-state index contributed by atoms with van der Waals surface area (Å²) < 4.78 is 19.4. The second kappa shape index (κ2) is 6.98. The van der Waals surface area contributed by atoms with E-state index in [0.29, 0.717) is 22.6 Å². The van der Waals surface area contributed by atoms with Crippen LogP contribution in [0.25, 0.3) is 21.9 Å². The third-order valence-corrected chi connectivity index (χ3v) is 7.94. The molecule has 0 bridgehead atoms. The lowest BCUT2D eigenvalue weighted by Crippen LogP contribution is -2.47. The van der Waals surface area contributed by atoms with Crippen LogP contribution in [0.4, 0.5) is 0 Å². The van der Waals surface area contributed by atoms with E-state index < -0.39 is 16.5 Å². The highest BCUT2D eigenvalue weighted by Crippen LogP contribution is 2.44. The Hall–Kier alpha value is -2.23. The van der Waals surface area contributed by atoms with Crippen molar-refractivity contribution in [2.24, 2.45) is 10.7 Å². The Morgan fingerprint density at radius 1 is 1.32 bits per heavy atom. The van der Waals surface area contributed by atoms with Gasteiger partial charge in [-0.1, -0.05) is 23.7 Å². The Bertz CT molecular complexity index is 1110. The molecule has 3 aromatic rings. The number of benzene rings is 1. The van der Waals surface area contributed by atoms with Crippen molar-refractivity contribution in [1.29, 1.82) is 0 Å². The van der Waals surface area contributed by atoms with Crippen molar-refractivity contribution in [3.63, 3.8) is 0 Å². The van der Waals surface area contributed by atoms with Gasteiger partial charge < -0.3 is 10.2 Å². The molecule has 0 spiro atoms. The lowest BCUT2D eigenvalue weighted by molar-refractivity contribution is 0.524. The van der Waals surface area contributed by atoms with Crippen molar-refractivity contribution < 1.29 is 8.63 Å². The Kier molecular flexibility index (Phi) is 4.76. The van der Waals surface area contributed by atoms with Gasteiger partial charge in [-0.3, -0.25) is 4.31 Å². The molecule has 0 fully saturated rings. The third kappa shape index (κ3) is 3.34. The summed E-state index contributed by atoms with van der Waals surface area (Å²) in [6.45, 7) is 3.66. The van der Waals surface area contributed by atoms with Gasteiger partial charge in [0.2, 0.25) is 17.7 Å². The van der Waals surface area contributed by atoms with E-state index in [1.165, 1.54) is 15.6 Å². The molecule has 10 heteroatoms. The van der Waals surface area contributed by atoms with Crippen LogP contribution < -0.4 is 5.73 Å². The first-order valence-corrected chi connectivity index (χ1v) is 10.9. The fourth-order valence-electron chi connectivity index (χ4n) is 3.01. The molecule has 2 N–H and O–H groups in total. The zero-order chi connectivity index (χ0) is 20.1. The average molecular weight is 436 g/mol. The number of thiophene rings is 1. The van der Waals surface area contributed by atoms with Gasteiger partial charge in [0.25, 0.3) is 0 Å². The fraction of sp³-hybridized carbons (Fsp3) is 0.278. The molecule has 0 aliphatic carbocycles. The van der Waals surface area contributed by atoms with Crippen LogP contribution in [0, 0.1) is 6.92 Å². The fourth-order valence-corrected chi connectivity index (χ4v) is 5.86. The zero-order valence-corrected chi connectivity index (χ0v) is 17.9. The van der Waals surface area contributed by atoms with Crippen molar-refractivity contribution in [1.82, 2.24) is 14.5 Å². The summed E-state index contributed by atoms with van der Waals surface area (Å²) in [5.41, 5.74) is 7.03. The topological polar surface area (TPSA) is 97.6 Å². The molecule has 7 nitrogen and oxygen atoms in total. The van der Waals surface area contributed by atoms with E-state index in [2.05, 4.69) is 15.2 Å². The Morgan fingerprint density at radius 2 is 2.07 bits per heavy atom. The quantitative estimate of drug-likeness (QED) is 0.678. The van der Waals surface area contributed by atoms with E-state index in [-0.39, 0.29) is 5.96 Å². The number of halogens is 1. The van der Waals surface area contributed by atoms with Gasteiger partial charge in [-0.05, 0) is 30.7 Å². The maximum atomic E-state index is 12.4. The standard InChI is InChI=1S/C18H18ClN5O2S2/c1-10-22-23-16(26-10)12-6-4-5-11(7-12)14-8-13(19)15(27-14)18(2)9-28(25)24(3)17(20)21-18/h4-8H,9H2,1-3H3,(H2,20,21)/t18-,28?/m0/s1. The van der Waals surface area contributed by atoms with Crippen LogP contribution in [0.1, 0.15) is 17.7 Å². The minimum Gasteiger partial charge on any atom is -0.421 e. The van der Waals surface area contributed by atoms with Crippen molar-refractivity contribution in [3.8, 4) is 21.9 Å². The van der Waals surface area contributed by atoms with Gasteiger partial charge in [-0.15, -0.1) is 21.5 Å². The summed E-state index contributed by atoms with van der Waals surface area (Å²) in [7, 11) is 0.411. The first-order valence-electron chi connectivity index (χ1n) is 8.45. The molecule has 1 aliphatic heterocycles. The van der Waals surface area contributed by atoms with Crippen molar-refractivity contribution in [2.45, 2.75) is 19.4 Å². The number of rotatable bonds is 3. The van der Waals surface area contributed by atoms with Gasteiger partial charge in [0.05, 0.1) is 15.7 Å². The average Bonchev–Trinajstić information content (AvgIpc) is 3.26. The first kappa shape index (κ1) is 19.1. The molecule has 28 heavy (non-hydrogen) atoms. The summed E-state index contributed by atoms with van der Waals surface area (Å²) >= 11 is 8.07. The van der Waals surface area contributed by atoms with Gasteiger partial charge in [-0.25, -0.2) is 9.20 Å². The number of nitrogens with zero attached hydrogens (tertiary/aromatic N) is 4. The molecule has 0 radical (unpaired) electrons. The second-order valence-corrected chi connectivity index (χ2v) is 9.64. The predicted octanol–water partition coefficient (Wildman–Crippen LogP) is 3.57. The number of nitrogens with two attached hydrogens (primary N) is 1. The summed E-state index contributed by atoms with van der Waals surface area (Å²) in [6, 6.07) is 9.72. The van der Waals surface area contributed by atoms with E-state index in [4.69, 9.17) is 21.8 Å². The maximum absolute atomic E-state index is 12.4. The normalized spacial score (nSPS) is 22.4. The highest BCUT2D eigenvalue weighted by Gasteiger charge is 2.38. The molecule has 146 valence electrons. The van der Waals surface area contributed by atoms with Crippen LogP contribution >= 0.6 is 22.9 Å². The van der Waals surface area contributed by atoms with Gasteiger partial charge >= 0.3 is 0 Å². The molecular weight excluding hydrogens is 418 g/mol. The van der Waals surface area contributed by atoms with Gasteiger partial charge in [-0.2, -0.15) is 0 Å².